The van der Waals surface area contributed by atoms with E-state index in [4.69, 9.17) is 0 Å². The highest BCUT2D eigenvalue weighted by molar-refractivity contribution is 5.87. The fraction of sp³-hybridized carbons (Fsp3) is 0.562. The molecule has 2 aromatic heterocycles. The van der Waals surface area contributed by atoms with E-state index < -0.39 is 5.97 Å². The zero-order valence-corrected chi connectivity index (χ0v) is 13.9. The molecule has 0 aromatic carbocycles. The van der Waals surface area contributed by atoms with E-state index in [1.165, 1.54) is 0 Å². The van der Waals surface area contributed by atoms with Crippen molar-refractivity contribution in [3.05, 3.63) is 35.2 Å². The molecule has 1 N–H and O–H groups in total. The SMILES string of the molecule is CCn1nc(C(=O)O)c2c1CC[C@@H](N(C)Cc1nccn1C)C2. The van der Waals surface area contributed by atoms with Gasteiger partial charge in [-0.2, -0.15) is 5.10 Å². The molecule has 0 spiro atoms. The minimum atomic E-state index is -0.930. The van der Waals surface area contributed by atoms with Gasteiger partial charge in [-0.25, -0.2) is 9.78 Å². The summed E-state index contributed by atoms with van der Waals surface area (Å²) in [6.07, 6.45) is 6.36. The molecule has 0 amide bonds. The molecule has 0 aliphatic heterocycles. The molecule has 0 bridgehead atoms. The van der Waals surface area contributed by atoms with Crippen molar-refractivity contribution < 1.29 is 9.90 Å². The molecule has 2 aromatic rings. The first-order valence-electron chi connectivity index (χ1n) is 7.99. The maximum absolute atomic E-state index is 11.5. The van der Waals surface area contributed by atoms with Crippen molar-refractivity contribution in [3.8, 4) is 0 Å². The molecule has 1 aliphatic carbocycles. The van der Waals surface area contributed by atoms with Crippen LogP contribution in [0.5, 0.6) is 0 Å². The lowest BCUT2D eigenvalue weighted by Crippen LogP contribution is -2.37. The van der Waals surface area contributed by atoms with E-state index >= 15 is 0 Å². The first-order chi connectivity index (χ1) is 11.0. The predicted octanol–water partition coefficient (Wildman–Crippen LogP) is 1.32. The summed E-state index contributed by atoms with van der Waals surface area (Å²) < 4.78 is 3.86. The van der Waals surface area contributed by atoms with Crippen LogP contribution in [0.1, 0.15) is 40.9 Å². The van der Waals surface area contributed by atoms with Crippen LogP contribution in [0.4, 0.5) is 0 Å². The molecule has 2 heterocycles. The summed E-state index contributed by atoms with van der Waals surface area (Å²) in [7, 11) is 4.07. The normalized spacial score (nSPS) is 17.5. The van der Waals surface area contributed by atoms with E-state index in [-0.39, 0.29) is 5.69 Å². The lowest BCUT2D eigenvalue weighted by molar-refractivity contribution is 0.0687. The smallest absolute Gasteiger partial charge is 0.356 e. The van der Waals surface area contributed by atoms with Gasteiger partial charge in [-0.05, 0) is 33.2 Å². The van der Waals surface area contributed by atoms with Gasteiger partial charge in [-0.15, -0.1) is 0 Å². The Labute approximate surface area is 135 Å². The molecule has 0 radical (unpaired) electrons. The van der Waals surface area contributed by atoms with E-state index in [9.17, 15) is 9.90 Å². The molecule has 1 atom stereocenters. The number of carboxylic acids is 1. The fourth-order valence-corrected chi connectivity index (χ4v) is 3.38. The minimum Gasteiger partial charge on any atom is -0.476 e. The summed E-state index contributed by atoms with van der Waals surface area (Å²) in [5.74, 6) is 0.0851. The van der Waals surface area contributed by atoms with Gasteiger partial charge in [0.15, 0.2) is 5.69 Å². The van der Waals surface area contributed by atoms with Crippen LogP contribution in [0.2, 0.25) is 0 Å². The number of fused-ring (bicyclic) bond motifs is 1. The molecule has 23 heavy (non-hydrogen) atoms. The van der Waals surface area contributed by atoms with E-state index in [0.29, 0.717) is 12.6 Å². The topological polar surface area (TPSA) is 76.2 Å². The standard InChI is InChI=1S/C16H23N5O2/c1-4-21-13-6-5-11(9-12(13)15(18-21)16(22)23)20(3)10-14-17-7-8-19(14)2/h7-8,11H,4-6,9-10H2,1-3H3,(H,22,23)/t11-/m1/s1. The van der Waals surface area contributed by atoms with Gasteiger partial charge in [0.2, 0.25) is 0 Å². The first kappa shape index (κ1) is 15.7. The average molecular weight is 317 g/mol. The van der Waals surface area contributed by atoms with E-state index in [1.54, 1.807) is 6.20 Å². The van der Waals surface area contributed by atoms with Gasteiger partial charge in [0.25, 0.3) is 0 Å². The van der Waals surface area contributed by atoms with E-state index in [2.05, 4.69) is 22.0 Å². The molecule has 124 valence electrons. The zero-order valence-electron chi connectivity index (χ0n) is 13.9. The molecule has 3 rings (SSSR count). The number of hydrogen-bond donors (Lipinski definition) is 1. The van der Waals surface area contributed by atoms with Gasteiger partial charge in [-0.1, -0.05) is 0 Å². The average Bonchev–Trinajstić information content (AvgIpc) is 3.10. The van der Waals surface area contributed by atoms with Gasteiger partial charge in [0.05, 0.1) is 6.54 Å². The molecule has 0 unspecified atom stereocenters. The number of carboxylic acid groups (broad SMARTS) is 1. The highest BCUT2D eigenvalue weighted by atomic mass is 16.4. The summed E-state index contributed by atoms with van der Waals surface area (Å²) in [5.41, 5.74) is 2.21. The van der Waals surface area contributed by atoms with E-state index in [1.807, 2.05) is 29.4 Å². The van der Waals surface area contributed by atoms with Crippen LogP contribution in [0.15, 0.2) is 12.4 Å². The Kier molecular flexibility index (Phi) is 4.21. The van der Waals surface area contributed by atoms with Gasteiger partial charge < -0.3 is 9.67 Å². The van der Waals surface area contributed by atoms with Crippen molar-refractivity contribution in [2.75, 3.05) is 7.05 Å². The van der Waals surface area contributed by atoms with Crippen molar-refractivity contribution in [3.63, 3.8) is 0 Å². The van der Waals surface area contributed by atoms with Crippen molar-refractivity contribution in [1.82, 2.24) is 24.2 Å². The lowest BCUT2D eigenvalue weighted by atomic mass is 9.90. The number of nitrogens with zero attached hydrogens (tertiary/aromatic N) is 5. The second-order valence-corrected chi connectivity index (χ2v) is 6.16. The summed E-state index contributed by atoms with van der Waals surface area (Å²) in [6, 6.07) is 0.312. The zero-order chi connectivity index (χ0) is 16.6. The van der Waals surface area contributed by atoms with Crippen LogP contribution >= 0.6 is 0 Å². The van der Waals surface area contributed by atoms with Crippen LogP contribution < -0.4 is 0 Å². The quantitative estimate of drug-likeness (QED) is 0.900. The molecule has 1 aliphatic rings. The highest BCUT2D eigenvalue weighted by Crippen LogP contribution is 2.27. The predicted molar refractivity (Wildman–Crippen MR) is 85.3 cm³/mol. The first-order valence-corrected chi connectivity index (χ1v) is 7.99. The number of imidazole rings is 1. The Morgan fingerprint density at radius 3 is 2.91 bits per heavy atom. The Hall–Kier alpha value is -2.15. The van der Waals surface area contributed by atoms with Gasteiger partial charge in [0.1, 0.15) is 5.82 Å². The van der Waals surface area contributed by atoms with Crippen LogP contribution in [-0.2, 0) is 33.0 Å². The lowest BCUT2D eigenvalue weighted by Gasteiger charge is -2.31. The minimum absolute atomic E-state index is 0.219. The second kappa shape index (κ2) is 6.16. The second-order valence-electron chi connectivity index (χ2n) is 6.16. The van der Waals surface area contributed by atoms with Gasteiger partial charge >= 0.3 is 5.97 Å². The van der Waals surface area contributed by atoms with Gasteiger partial charge in [0, 0.05) is 43.3 Å². The maximum atomic E-state index is 11.5. The van der Waals surface area contributed by atoms with Gasteiger partial charge in [-0.3, -0.25) is 9.58 Å². The molecule has 0 saturated heterocycles. The Balaban J connectivity index is 1.80. The van der Waals surface area contributed by atoms with E-state index in [0.717, 1.165) is 42.9 Å². The maximum Gasteiger partial charge on any atom is 0.356 e. The summed E-state index contributed by atoms with van der Waals surface area (Å²) in [6.45, 7) is 3.47. The number of aromatic carboxylic acids is 1. The van der Waals surface area contributed by atoms with Crippen LogP contribution in [0.3, 0.4) is 0 Å². The number of hydrogen-bond acceptors (Lipinski definition) is 4. The Morgan fingerprint density at radius 2 is 2.30 bits per heavy atom. The number of rotatable bonds is 5. The summed E-state index contributed by atoms with van der Waals surface area (Å²) in [5, 5.41) is 13.7. The Morgan fingerprint density at radius 1 is 1.52 bits per heavy atom. The van der Waals surface area contributed by atoms with Crippen molar-refractivity contribution in [1.29, 1.82) is 0 Å². The van der Waals surface area contributed by atoms with Crippen LogP contribution in [-0.4, -0.2) is 48.4 Å². The molecule has 7 nitrogen and oxygen atoms in total. The third-order valence-corrected chi connectivity index (χ3v) is 4.76. The van der Waals surface area contributed by atoms with Crippen molar-refractivity contribution >= 4 is 5.97 Å². The summed E-state index contributed by atoms with van der Waals surface area (Å²) in [4.78, 5) is 18.1. The fourth-order valence-electron chi connectivity index (χ4n) is 3.38. The van der Waals surface area contributed by atoms with Crippen molar-refractivity contribution in [2.24, 2.45) is 7.05 Å². The number of carbonyl (C=O) groups is 1. The Bertz CT molecular complexity index is 718. The molecule has 0 saturated carbocycles. The van der Waals surface area contributed by atoms with Crippen molar-refractivity contribution in [2.45, 2.75) is 45.3 Å². The molecule has 0 fully saturated rings. The van der Waals surface area contributed by atoms with Crippen LogP contribution in [0, 0.1) is 0 Å². The monoisotopic (exact) mass is 317 g/mol. The molecular weight excluding hydrogens is 294 g/mol. The third-order valence-electron chi connectivity index (χ3n) is 4.76. The largest absolute Gasteiger partial charge is 0.476 e. The number of aromatic nitrogens is 4. The molecule has 7 heteroatoms. The molecular formula is C16H23N5O2. The summed E-state index contributed by atoms with van der Waals surface area (Å²) >= 11 is 0. The van der Waals surface area contributed by atoms with Crippen LogP contribution in [0.25, 0.3) is 0 Å². The third kappa shape index (κ3) is 2.88. The number of likely N-dealkylation sites (N-methyl/N-ethyl adjacent to an activating group) is 1. The number of aryl methyl sites for hydroxylation is 2. The highest BCUT2D eigenvalue weighted by Gasteiger charge is 2.30.